The molecule has 0 spiro atoms. The molecule has 1 atom stereocenters. The SMILES string of the molecule is COc1ccc(C(C)NC2CCC(C)CC2)cc1. The second kappa shape index (κ2) is 6.24. The lowest BCUT2D eigenvalue weighted by Gasteiger charge is -2.29. The van der Waals surface area contributed by atoms with Crippen LogP contribution in [0, 0.1) is 5.92 Å². The van der Waals surface area contributed by atoms with Crippen molar-refractivity contribution < 1.29 is 4.74 Å². The molecule has 1 aromatic carbocycles. The number of rotatable bonds is 4. The van der Waals surface area contributed by atoms with Gasteiger partial charge in [-0.15, -0.1) is 0 Å². The molecule has 0 heterocycles. The zero-order valence-corrected chi connectivity index (χ0v) is 11.8. The third-order valence-corrected chi connectivity index (χ3v) is 4.12. The Labute approximate surface area is 111 Å². The molecular formula is C16H25NO. The van der Waals surface area contributed by atoms with E-state index in [-0.39, 0.29) is 0 Å². The number of hydrogen-bond acceptors (Lipinski definition) is 2. The molecule has 1 aromatic rings. The van der Waals surface area contributed by atoms with Crippen molar-refractivity contribution in [3.8, 4) is 5.75 Å². The number of hydrogen-bond donors (Lipinski definition) is 1. The predicted molar refractivity (Wildman–Crippen MR) is 76.0 cm³/mol. The quantitative estimate of drug-likeness (QED) is 0.870. The van der Waals surface area contributed by atoms with Gasteiger partial charge in [0.25, 0.3) is 0 Å². The molecule has 2 heteroatoms. The topological polar surface area (TPSA) is 21.3 Å². The van der Waals surface area contributed by atoms with Crippen molar-refractivity contribution in [1.29, 1.82) is 0 Å². The maximum Gasteiger partial charge on any atom is 0.118 e. The van der Waals surface area contributed by atoms with Gasteiger partial charge in [-0.1, -0.05) is 19.1 Å². The van der Waals surface area contributed by atoms with Gasteiger partial charge in [0.05, 0.1) is 7.11 Å². The van der Waals surface area contributed by atoms with Crippen LogP contribution in [-0.4, -0.2) is 13.2 Å². The maximum atomic E-state index is 5.19. The summed E-state index contributed by atoms with van der Waals surface area (Å²) in [6, 6.07) is 9.50. The van der Waals surface area contributed by atoms with Crippen LogP contribution in [0.1, 0.15) is 51.1 Å². The van der Waals surface area contributed by atoms with Crippen molar-refractivity contribution in [1.82, 2.24) is 5.32 Å². The molecule has 0 aromatic heterocycles. The normalized spacial score (nSPS) is 25.7. The van der Waals surface area contributed by atoms with Gasteiger partial charge >= 0.3 is 0 Å². The van der Waals surface area contributed by atoms with E-state index in [4.69, 9.17) is 4.74 Å². The zero-order chi connectivity index (χ0) is 13.0. The predicted octanol–water partition coefficient (Wildman–Crippen LogP) is 3.92. The van der Waals surface area contributed by atoms with E-state index >= 15 is 0 Å². The third-order valence-electron chi connectivity index (χ3n) is 4.12. The van der Waals surface area contributed by atoms with E-state index in [9.17, 15) is 0 Å². The lowest BCUT2D eigenvalue weighted by Crippen LogP contribution is -2.34. The van der Waals surface area contributed by atoms with Crippen LogP contribution in [0.25, 0.3) is 0 Å². The molecule has 0 saturated heterocycles. The summed E-state index contributed by atoms with van der Waals surface area (Å²) in [7, 11) is 1.71. The smallest absolute Gasteiger partial charge is 0.118 e. The standard InChI is InChI=1S/C16H25NO/c1-12-4-8-15(9-5-12)17-13(2)14-6-10-16(18-3)11-7-14/h6-7,10-13,15,17H,4-5,8-9H2,1-3H3. The average Bonchev–Trinajstić information content (AvgIpc) is 2.41. The Bertz CT molecular complexity index is 352. The second-order valence-electron chi connectivity index (χ2n) is 5.62. The average molecular weight is 247 g/mol. The number of ether oxygens (including phenoxy) is 1. The summed E-state index contributed by atoms with van der Waals surface area (Å²) < 4.78 is 5.19. The van der Waals surface area contributed by atoms with Gasteiger partial charge in [-0.25, -0.2) is 0 Å². The molecular weight excluding hydrogens is 222 g/mol. The highest BCUT2D eigenvalue weighted by Crippen LogP contribution is 2.26. The Morgan fingerprint density at radius 2 is 1.72 bits per heavy atom. The summed E-state index contributed by atoms with van der Waals surface area (Å²) in [5.74, 6) is 1.84. The van der Waals surface area contributed by atoms with Crippen LogP contribution in [0.15, 0.2) is 24.3 Å². The maximum absolute atomic E-state index is 5.19. The highest BCUT2D eigenvalue weighted by atomic mass is 16.5. The van der Waals surface area contributed by atoms with E-state index < -0.39 is 0 Å². The minimum atomic E-state index is 0.425. The van der Waals surface area contributed by atoms with Crippen molar-refractivity contribution in [3.05, 3.63) is 29.8 Å². The minimum Gasteiger partial charge on any atom is -0.497 e. The minimum absolute atomic E-state index is 0.425. The molecule has 2 rings (SSSR count). The lowest BCUT2D eigenvalue weighted by molar-refractivity contribution is 0.291. The fourth-order valence-electron chi connectivity index (χ4n) is 2.77. The molecule has 18 heavy (non-hydrogen) atoms. The van der Waals surface area contributed by atoms with Crippen LogP contribution in [0.2, 0.25) is 0 Å². The molecule has 100 valence electrons. The van der Waals surface area contributed by atoms with Gasteiger partial charge in [-0.2, -0.15) is 0 Å². The van der Waals surface area contributed by atoms with Gasteiger partial charge < -0.3 is 10.1 Å². The monoisotopic (exact) mass is 247 g/mol. The molecule has 1 unspecified atom stereocenters. The highest BCUT2D eigenvalue weighted by molar-refractivity contribution is 5.28. The summed E-state index contributed by atoms with van der Waals surface area (Å²) in [4.78, 5) is 0. The fourth-order valence-corrected chi connectivity index (χ4v) is 2.77. The first-order valence-electron chi connectivity index (χ1n) is 7.09. The van der Waals surface area contributed by atoms with E-state index in [0.29, 0.717) is 12.1 Å². The van der Waals surface area contributed by atoms with Gasteiger partial charge in [0.1, 0.15) is 5.75 Å². The summed E-state index contributed by atoms with van der Waals surface area (Å²) >= 11 is 0. The van der Waals surface area contributed by atoms with Crippen molar-refractivity contribution in [2.75, 3.05) is 7.11 Å². The molecule has 1 saturated carbocycles. The van der Waals surface area contributed by atoms with Crippen molar-refractivity contribution >= 4 is 0 Å². The highest BCUT2D eigenvalue weighted by Gasteiger charge is 2.19. The Morgan fingerprint density at radius 3 is 2.28 bits per heavy atom. The Morgan fingerprint density at radius 1 is 1.11 bits per heavy atom. The summed E-state index contributed by atoms with van der Waals surface area (Å²) in [5.41, 5.74) is 1.34. The van der Waals surface area contributed by atoms with Gasteiger partial charge in [0, 0.05) is 12.1 Å². The number of nitrogens with one attached hydrogen (secondary N) is 1. The molecule has 0 bridgehead atoms. The lowest BCUT2D eigenvalue weighted by atomic mass is 9.87. The van der Waals surface area contributed by atoms with Crippen LogP contribution < -0.4 is 10.1 Å². The van der Waals surface area contributed by atoms with Crippen LogP contribution in [-0.2, 0) is 0 Å². The summed E-state index contributed by atoms with van der Waals surface area (Å²) in [6.07, 6.45) is 5.38. The Kier molecular flexibility index (Phi) is 4.65. The van der Waals surface area contributed by atoms with Gasteiger partial charge in [0.2, 0.25) is 0 Å². The molecule has 1 aliphatic rings. The first-order valence-corrected chi connectivity index (χ1v) is 7.09. The van der Waals surface area contributed by atoms with Gasteiger partial charge in [0.15, 0.2) is 0 Å². The molecule has 1 N–H and O–H groups in total. The van der Waals surface area contributed by atoms with Crippen LogP contribution in [0.3, 0.4) is 0 Å². The molecule has 2 nitrogen and oxygen atoms in total. The van der Waals surface area contributed by atoms with E-state index in [0.717, 1.165) is 11.7 Å². The van der Waals surface area contributed by atoms with Crippen molar-refractivity contribution in [2.24, 2.45) is 5.92 Å². The molecule has 1 fully saturated rings. The largest absolute Gasteiger partial charge is 0.497 e. The van der Waals surface area contributed by atoms with Crippen molar-refractivity contribution in [2.45, 2.75) is 51.6 Å². The third kappa shape index (κ3) is 3.49. The van der Waals surface area contributed by atoms with Gasteiger partial charge in [-0.3, -0.25) is 0 Å². The first kappa shape index (κ1) is 13.4. The van der Waals surface area contributed by atoms with Crippen LogP contribution >= 0.6 is 0 Å². The van der Waals surface area contributed by atoms with Gasteiger partial charge in [-0.05, 0) is 56.2 Å². The van der Waals surface area contributed by atoms with E-state index in [1.54, 1.807) is 7.11 Å². The molecule has 1 aliphatic carbocycles. The molecule has 0 amide bonds. The fraction of sp³-hybridized carbons (Fsp3) is 0.625. The summed E-state index contributed by atoms with van der Waals surface area (Å²) in [6.45, 7) is 4.61. The van der Waals surface area contributed by atoms with E-state index in [2.05, 4.69) is 31.3 Å². The Hall–Kier alpha value is -1.02. The number of benzene rings is 1. The zero-order valence-electron chi connectivity index (χ0n) is 11.8. The van der Waals surface area contributed by atoms with Crippen LogP contribution in [0.4, 0.5) is 0 Å². The van der Waals surface area contributed by atoms with Crippen molar-refractivity contribution in [3.63, 3.8) is 0 Å². The van der Waals surface area contributed by atoms with E-state index in [1.807, 2.05) is 12.1 Å². The van der Waals surface area contributed by atoms with E-state index in [1.165, 1.54) is 31.2 Å². The number of methoxy groups -OCH3 is 1. The molecule has 0 radical (unpaired) electrons. The van der Waals surface area contributed by atoms with Crippen LogP contribution in [0.5, 0.6) is 5.75 Å². The first-order chi connectivity index (χ1) is 8.69. The molecule has 0 aliphatic heterocycles. The Balaban J connectivity index is 1.88. The summed E-state index contributed by atoms with van der Waals surface area (Å²) in [5, 5.41) is 3.75. The second-order valence-corrected chi connectivity index (χ2v) is 5.62.